The van der Waals surface area contributed by atoms with Crippen molar-refractivity contribution in [2.24, 2.45) is 0 Å². The van der Waals surface area contributed by atoms with Gasteiger partial charge in [0.25, 0.3) is 0 Å². The Morgan fingerprint density at radius 2 is 1.45 bits per heavy atom. The first kappa shape index (κ1) is 15.9. The normalized spacial score (nSPS) is 11.9. The number of alkyl halides is 6. The Bertz CT molecular complexity index is 488. The third-order valence-corrected chi connectivity index (χ3v) is 2.08. The molecule has 0 aliphatic carbocycles. The van der Waals surface area contributed by atoms with Crippen LogP contribution in [-0.2, 0) is 12.4 Å². The van der Waals surface area contributed by atoms with E-state index in [2.05, 4.69) is 6.58 Å². The molecule has 0 spiro atoms. The van der Waals surface area contributed by atoms with Crippen molar-refractivity contribution in [2.75, 3.05) is 5.32 Å². The van der Waals surface area contributed by atoms with Crippen molar-refractivity contribution in [3.63, 3.8) is 0 Å². The lowest BCUT2D eigenvalue weighted by atomic mass is 10.1. The largest absolute Gasteiger partial charge is 0.416 e. The van der Waals surface area contributed by atoms with Gasteiger partial charge in [0.15, 0.2) is 0 Å². The molecule has 9 heteroatoms. The van der Waals surface area contributed by atoms with E-state index in [-0.39, 0.29) is 6.07 Å². The Morgan fingerprint density at radius 3 is 1.80 bits per heavy atom. The van der Waals surface area contributed by atoms with Gasteiger partial charge in [-0.2, -0.15) is 26.3 Å². The lowest BCUT2D eigenvalue weighted by molar-refractivity contribution is -0.143. The fraction of sp³-hybridized carbons (Fsp3) is 0.182. The van der Waals surface area contributed by atoms with Crippen molar-refractivity contribution in [3.8, 4) is 0 Å². The minimum atomic E-state index is -4.97. The number of nitrogens with one attached hydrogen (secondary N) is 2. The lowest BCUT2D eigenvalue weighted by Gasteiger charge is -2.14. The summed E-state index contributed by atoms with van der Waals surface area (Å²) in [5, 5.41) is 3.81. The predicted molar refractivity (Wildman–Crippen MR) is 58.8 cm³/mol. The number of halogens is 6. The summed E-state index contributed by atoms with van der Waals surface area (Å²) < 4.78 is 75.1. The standard InChI is InChI=1S/C11H8F6N2O/c1-2-18-9(20)19-8-4-6(10(12,13)14)3-7(5-8)11(15,16)17/h2-5H,1H2,(H2,18,19,20). The summed E-state index contributed by atoms with van der Waals surface area (Å²) >= 11 is 0. The molecule has 110 valence electrons. The van der Waals surface area contributed by atoms with Crippen molar-refractivity contribution in [1.82, 2.24) is 5.32 Å². The van der Waals surface area contributed by atoms with Crippen LogP contribution in [0.15, 0.2) is 31.0 Å². The van der Waals surface area contributed by atoms with Crippen LogP contribution in [0.5, 0.6) is 0 Å². The van der Waals surface area contributed by atoms with Crippen LogP contribution >= 0.6 is 0 Å². The molecule has 0 bridgehead atoms. The highest BCUT2D eigenvalue weighted by molar-refractivity contribution is 5.90. The fourth-order valence-electron chi connectivity index (χ4n) is 1.29. The molecule has 0 atom stereocenters. The molecule has 2 N–H and O–H groups in total. The summed E-state index contributed by atoms with van der Waals surface area (Å²) in [7, 11) is 0. The summed E-state index contributed by atoms with van der Waals surface area (Å²) in [5.41, 5.74) is -3.66. The Balaban J connectivity index is 3.24. The number of carbonyl (C=O) groups is 1. The van der Waals surface area contributed by atoms with Crippen LogP contribution < -0.4 is 10.6 Å². The molecule has 0 saturated carbocycles. The van der Waals surface area contributed by atoms with Gasteiger partial charge in [0.1, 0.15) is 0 Å². The highest BCUT2D eigenvalue weighted by atomic mass is 19.4. The van der Waals surface area contributed by atoms with Crippen LogP contribution in [0.4, 0.5) is 36.8 Å². The molecule has 1 aromatic rings. The molecular formula is C11H8F6N2O. The third kappa shape index (κ3) is 4.18. The second kappa shape index (κ2) is 5.43. The van der Waals surface area contributed by atoms with E-state index in [0.29, 0.717) is 12.1 Å². The minimum absolute atomic E-state index is 0.0312. The van der Waals surface area contributed by atoms with E-state index in [1.807, 2.05) is 10.6 Å². The summed E-state index contributed by atoms with van der Waals surface area (Å²) in [4.78, 5) is 11.1. The summed E-state index contributed by atoms with van der Waals surface area (Å²) in [5.74, 6) is 0. The Labute approximate surface area is 109 Å². The molecule has 1 aromatic carbocycles. The molecule has 20 heavy (non-hydrogen) atoms. The molecule has 0 fully saturated rings. The quantitative estimate of drug-likeness (QED) is 0.796. The zero-order valence-electron chi connectivity index (χ0n) is 9.69. The van der Waals surface area contributed by atoms with E-state index in [4.69, 9.17) is 0 Å². The fourth-order valence-corrected chi connectivity index (χ4v) is 1.29. The van der Waals surface area contributed by atoms with Crippen LogP contribution in [0.2, 0.25) is 0 Å². The van der Waals surface area contributed by atoms with Crippen LogP contribution in [0.1, 0.15) is 11.1 Å². The van der Waals surface area contributed by atoms with Crippen LogP contribution in [0.3, 0.4) is 0 Å². The van der Waals surface area contributed by atoms with Crippen molar-refractivity contribution < 1.29 is 31.1 Å². The number of benzene rings is 1. The molecule has 0 aliphatic rings. The van der Waals surface area contributed by atoms with Gasteiger partial charge in [-0.1, -0.05) is 6.58 Å². The second-order valence-corrected chi connectivity index (χ2v) is 3.60. The van der Waals surface area contributed by atoms with Crippen molar-refractivity contribution in [1.29, 1.82) is 0 Å². The minimum Gasteiger partial charge on any atom is -0.315 e. The molecule has 0 unspecified atom stereocenters. The van der Waals surface area contributed by atoms with E-state index < -0.39 is 35.2 Å². The van der Waals surface area contributed by atoms with Gasteiger partial charge < -0.3 is 10.6 Å². The van der Waals surface area contributed by atoms with E-state index in [1.165, 1.54) is 0 Å². The molecule has 2 amide bonds. The summed E-state index contributed by atoms with van der Waals surface area (Å²) in [6, 6.07) is -0.237. The zero-order valence-corrected chi connectivity index (χ0v) is 9.69. The number of anilines is 1. The summed E-state index contributed by atoms with van der Waals surface area (Å²) in [6.45, 7) is 3.12. The number of carbonyl (C=O) groups excluding carboxylic acids is 1. The predicted octanol–water partition coefficient (Wildman–Crippen LogP) is 3.99. The van der Waals surface area contributed by atoms with E-state index >= 15 is 0 Å². The molecule has 0 aliphatic heterocycles. The molecule has 1 rings (SSSR count). The van der Waals surface area contributed by atoms with Crippen molar-refractivity contribution in [2.45, 2.75) is 12.4 Å². The maximum Gasteiger partial charge on any atom is 0.416 e. The number of hydrogen-bond donors (Lipinski definition) is 2. The molecule has 0 saturated heterocycles. The first-order valence-electron chi connectivity index (χ1n) is 5.02. The van der Waals surface area contributed by atoms with Gasteiger partial charge >= 0.3 is 18.4 Å². The number of urea groups is 1. The topological polar surface area (TPSA) is 41.1 Å². The maximum absolute atomic E-state index is 12.5. The smallest absolute Gasteiger partial charge is 0.315 e. The molecule has 0 radical (unpaired) electrons. The van der Waals surface area contributed by atoms with Gasteiger partial charge in [0, 0.05) is 5.69 Å². The van der Waals surface area contributed by atoms with Crippen LogP contribution in [-0.4, -0.2) is 6.03 Å². The van der Waals surface area contributed by atoms with Gasteiger partial charge in [0.2, 0.25) is 0 Å². The Morgan fingerprint density at radius 1 is 1.00 bits per heavy atom. The van der Waals surface area contributed by atoms with Gasteiger partial charge in [0.05, 0.1) is 11.1 Å². The zero-order chi connectivity index (χ0) is 15.6. The number of amides is 2. The monoisotopic (exact) mass is 298 g/mol. The van der Waals surface area contributed by atoms with Gasteiger partial charge in [-0.3, -0.25) is 0 Å². The van der Waals surface area contributed by atoms with E-state index in [1.54, 1.807) is 0 Å². The highest BCUT2D eigenvalue weighted by Crippen LogP contribution is 2.37. The van der Waals surface area contributed by atoms with Gasteiger partial charge in [-0.05, 0) is 24.4 Å². The number of hydrogen-bond acceptors (Lipinski definition) is 1. The van der Waals surface area contributed by atoms with Gasteiger partial charge in [-0.25, -0.2) is 4.79 Å². The average Bonchev–Trinajstić information content (AvgIpc) is 2.26. The molecule has 0 aromatic heterocycles. The Hall–Kier alpha value is -2.19. The number of rotatable bonds is 2. The second-order valence-electron chi connectivity index (χ2n) is 3.60. The third-order valence-electron chi connectivity index (χ3n) is 2.08. The molecular weight excluding hydrogens is 290 g/mol. The average molecular weight is 298 g/mol. The van der Waals surface area contributed by atoms with E-state index in [0.717, 1.165) is 6.20 Å². The summed E-state index contributed by atoms with van der Waals surface area (Å²) in [6.07, 6.45) is -9.01. The SMILES string of the molecule is C=CNC(=O)Nc1cc(C(F)(F)F)cc(C(F)(F)F)c1. The van der Waals surface area contributed by atoms with Crippen LogP contribution in [0.25, 0.3) is 0 Å². The van der Waals surface area contributed by atoms with Crippen molar-refractivity contribution in [3.05, 3.63) is 42.1 Å². The lowest BCUT2D eigenvalue weighted by Crippen LogP contribution is -2.24. The van der Waals surface area contributed by atoms with Crippen molar-refractivity contribution >= 4 is 11.7 Å². The maximum atomic E-state index is 12.5. The first-order chi connectivity index (χ1) is 9.04. The first-order valence-corrected chi connectivity index (χ1v) is 5.02. The molecule has 0 heterocycles. The molecule has 3 nitrogen and oxygen atoms in total. The van der Waals surface area contributed by atoms with E-state index in [9.17, 15) is 31.1 Å². The Kier molecular flexibility index (Phi) is 4.31. The van der Waals surface area contributed by atoms with Crippen LogP contribution in [0, 0.1) is 0 Å². The highest BCUT2D eigenvalue weighted by Gasteiger charge is 2.37. The van der Waals surface area contributed by atoms with Gasteiger partial charge in [-0.15, -0.1) is 0 Å².